The number of rotatable bonds is 3. The molecule has 1 heterocycles. The van der Waals surface area contributed by atoms with E-state index in [1.54, 1.807) is 13.2 Å². The third-order valence-electron chi connectivity index (χ3n) is 3.60. The van der Waals surface area contributed by atoms with Crippen LogP contribution in [0.25, 0.3) is 0 Å². The Labute approximate surface area is 118 Å². The van der Waals surface area contributed by atoms with E-state index in [2.05, 4.69) is 0 Å². The van der Waals surface area contributed by atoms with Gasteiger partial charge in [-0.05, 0) is 31.5 Å². The number of carbonyl (C=O) groups is 1. The van der Waals surface area contributed by atoms with Gasteiger partial charge in [0.25, 0.3) is 0 Å². The predicted octanol–water partition coefficient (Wildman–Crippen LogP) is 2.36. The maximum atomic E-state index is 12.0. The van der Waals surface area contributed by atoms with Gasteiger partial charge in [0.1, 0.15) is 5.75 Å². The van der Waals surface area contributed by atoms with Gasteiger partial charge < -0.3 is 15.4 Å². The molecule has 5 heteroatoms. The number of likely N-dealkylation sites (N-methyl/N-ethyl adjacent to an activating group) is 1. The summed E-state index contributed by atoms with van der Waals surface area (Å²) in [6, 6.07) is 5.17. The first-order valence-corrected chi connectivity index (χ1v) is 6.84. The van der Waals surface area contributed by atoms with Gasteiger partial charge in [-0.1, -0.05) is 11.6 Å². The molecule has 1 aromatic carbocycles. The lowest BCUT2D eigenvalue weighted by Crippen LogP contribution is -2.48. The smallest absolute Gasteiger partial charge is 0.223 e. The Morgan fingerprint density at radius 3 is 2.89 bits per heavy atom. The highest BCUT2D eigenvalue weighted by Gasteiger charge is 2.35. The molecule has 1 saturated heterocycles. The first-order valence-electron chi connectivity index (χ1n) is 6.47. The lowest BCUT2D eigenvalue weighted by molar-refractivity contribution is -0.137. The minimum absolute atomic E-state index is 0.0926. The number of piperidine rings is 1. The molecule has 0 spiro atoms. The van der Waals surface area contributed by atoms with Gasteiger partial charge in [-0.2, -0.15) is 0 Å². The summed E-state index contributed by atoms with van der Waals surface area (Å²) in [5.41, 5.74) is 7.11. The van der Waals surface area contributed by atoms with Crippen LogP contribution in [0.3, 0.4) is 0 Å². The van der Waals surface area contributed by atoms with Crippen LogP contribution >= 0.6 is 11.6 Å². The Morgan fingerprint density at radius 1 is 1.53 bits per heavy atom. The zero-order chi connectivity index (χ0) is 14.0. The van der Waals surface area contributed by atoms with Crippen molar-refractivity contribution < 1.29 is 9.53 Å². The maximum absolute atomic E-state index is 12.0. The zero-order valence-corrected chi connectivity index (χ0v) is 12.0. The molecule has 1 aliphatic rings. The first kappa shape index (κ1) is 14.2. The molecule has 1 aliphatic heterocycles. The topological polar surface area (TPSA) is 55.6 Å². The van der Waals surface area contributed by atoms with Crippen LogP contribution in [-0.2, 0) is 4.79 Å². The number of nitrogens with two attached hydrogens (primary N) is 1. The number of likely N-dealkylation sites (tertiary alicyclic amines) is 1. The lowest BCUT2D eigenvalue weighted by Gasteiger charge is -2.39. The molecular formula is C14H19ClN2O2. The molecule has 0 aromatic heterocycles. The Hall–Kier alpha value is -1.26. The fraction of sp³-hybridized carbons (Fsp3) is 0.500. The van der Waals surface area contributed by atoms with E-state index in [-0.39, 0.29) is 18.0 Å². The molecule has 2 unspecified atom stereocenters. The Morgan fingerprint density at radius 2 is 2.26 bits per heavy atom. The third kappa shape index (κ3) is 2.69. The summed E-state index contributed by atoms with van der Waals surface area (Å²) < 4.78 is 5.38. The van der Waals surface area contributed by atoms with Crippen LogP contribution in [0.2, 0.25) is 5.02 Å². The van der Waals surface area contributed by atoms with E-state index in [0.29, 0.717) is 24.4 Å². The summed E-state index contributed by atoms with van der Waals surface area (Å²) >= 11 is 6.07. The number of ether oxygens (including phenoxy) is 1. The second-order valence-electron chi connectivity index (χ2n) is 4.71. The molecule has 4 nitrogen and oxygen atoms in total. The van der Waals surface area contributed by atoms with Crippen molar-refractivity contribution in [1.82, 2.24) is 4.90 Å². The minimum Gasteiger partial charge on any atom is -0.496 e. The van der Waals surface area contributed by atoms with Crippen LogP contribution < -0.4 is 10.5 Å². The Bertz CT molecular complexity index is 479. The first-order chi connectivity index (χ1) is 9.08. The van der Waals surface area contributed by atoms with Gasteiger partial charge in [0, 0.05) is 29.6 Å². The fourth-order valence-corrected chi connectivity index (χ4v) is 2.87. The molecular weight excluding hydrogens is 264 g/mol. The normalized spacial score (nSPS) is 23.6. The number of benzene rings is 1. The molecule has 0 bridgehead atoms. The van der Waals surface area contributed by atoms with Gasteiger partial charge >= 0.3 is 0 Å². The van der Waals surface area contributed by atoms with Gasteiger partial charge in [0.2, 0.25) is 5.91 Å². The molecule has 0 aliphatic carbocycles. The van der Waals surface area contributed by atoms with Crippen molar-refractivity contribution in [1.29, 1.82) is 0 Å². The molecule has 1 fully saturated rings. The largest absolute Gasteiger partial charge is 0.496 e. The highest BCUT2D eigenvalue weighted by Crippen LogP contribution is 2.37. The lowest BCUT2D eigenvalue weighted by atomic mass is 9.90. The zero-order valence-electron chi connectivity index (χ0n) is 11.2. The molecule has 19 heavy (non-hydrogen) atoms. The monoisotopic (exact) mass is 282 g/mol. The Kier molecular flexibility index (Phi) is 4.32. The van der Waals surface area contributed by atoms with Crippen LogP contribution in [-0.4, -0.2) is 30.5 Å². The van der Waals surface area contributed by atoms with Crippen molar-refractivity contribution in [3.05, 3.63) is 28.8 Å². The van der Waals surface area contributed by atoms with Crippen molar-refractivity contribution in [2.45, 2.75) is 31.8 Å². The number of amides is 1. The summed E-state index contributed by atoms with van der Waals surface area (Å²) in [6.07, 6.45) is 1.20. The summed E-state index contributed by atoms with van der Waals surface area (Å²) in [5, 5.41) is 0.622. The second-order valence-corrected chi connectivity index (χ2v) is 5.15. The third-order valence-corrected chi connectivity index (χ3v) is 3.84. The average molecular weight is 283 g/mol. The molecule has 1 aromatic rings. The molecule has 2 atom stereocenters. The minimum atomic E-state index is -0.167. The van der Waals surface area contributed by atoms with Crippen LogP contribution in [0.5, 0.6) is 5.75 Å². The van der Waals surface area contributed by atoms with Gasteiger partial charge in [0.15, 0.2) is 0 Å². The summed E-state index contributed by atoms with van der Waals surface area (Å²) in [6.45, 7) is 2.59. The number of carbonyl (C=O) groups excluding carboxylic acids is 1. The van der Waals surface area contributed by atoms with E-state index in [0.717, 1.165) is 11.3 Å². The molecule has 2 N–H and O–H groups in total. The van der Waals surface area contributed by atoms with Crippen LogP contribution in [0.15, 0.2) is 18.2 Å². The highest BCUT2D eigenvalue weighted by molar-refractivity contribution is 6.30. The number of halogens is 1. The quantitative estimate of drug-likeness (QED) is 0.926. The molecule has 0 radical (unpaired) electrons. The van der Waals surface area contributed by atoms with Crippen LogP contribution in [0.4, 0.5) is 0 Å². The van der Waals surface area contributed by atoms with Crippen molar-refractivity contribution in [2.24, 2.45) is 5.73 Å². The molecule has 104 valence electrons. The van der Waals surface area contributed by atoms with E-state index in [9.17, 15) is 4.79 Å². The number of hydrogen-bond donors (Lipinski definition) is 1. The van der Waals surface area contributed by atoms with Gasteiger partial charge in [-0.25, -0.2) is 0 Å². The van der Waals surface area contributed by atoms with E-state index in [1.165, 1.54) is 0 Å². The SMILES string of the molecule is CCN1C(=O)CCC(N)C1c1cc(Cl)ccc1OC. The van der Waals surface area contributed by atoms with Gasteiger partial charge in [-0.15, -0.1) is 0 Å². The Balaban J connectivity index is 2.47. The molecule has 0 saturated carbocycles. The van der Waals surface area contributed by atoms with Crippen molar-refractivity contribution >= 4 is 17.5 Å². The summed E-state index contributed by atoms with van der Waals surface area (Å²) in [5.74, 6) is 0.856. The average Bonchev–Trinajstić information content (AvgIpc) is 2.41. The van der Waals surface area contributed by atoms with E-state index in [4.69, 9.17) is 22.1 Å². The van der Waals surface area contributed by atoms with Crippen LogP contribution in [0.1, 0.15) is 31.4 Å². The molecule has 1 amide bonds. The summed E-state index contributed by atoms with van der Waals surface area (Å²) in [4.78, 5) is 13.8. The van der Waals surface area contributed by atoms with Crippen molar-refractivity contribution in [2.75, 3.05) is 13.7 Å². The van der Waals surface area contributed by atoms with Gasteiger partial charge in [0.05, 0.1) is 13.2 Å². The highest BCUT2D eigenvalue weighted by atomic mass is 35.5. The van der Waals surface area contributed by atoms with Crippen LogP contribution in [0, 0.1) is 0 Å². The van der Waals surface area contributed by atoms with E-state index < -0.39 is 0 Å². The van der Waals surface area contributed by atoms with E-state index >= 15 is 0 Å². The molecule has 2 rings (SSSR count). The standard InChI is InChI=1S/C14H19ClN2O2/c1-3-17-13(18)7-5-11(16)14(17)10-8-9(15)4-6-12(10)19-2/h4,6,8,11,14H,3,5,7,16H2,1-2H3. The number of nitrogens with zero attached hydrogens (tertiary/aromatic N) is 1. The second kappa shape index (κ2) is 5.80. The maximum Gasteiger partial charge on any atom is 0.223 e. The van der Waals surface area contributed by atoms with Gasteiger partial charge in [-0.3, -0.25) is 4.79 Å². The summed E-state index contributed by atoms with van der Waals surface area (Å²) in [7, 11) is 1.61. The predicted molar refractivity (Wildman–Crippen MR) is 75.3 cm³/mol. The number of methoxy groups -OCH3 is 1. The van der Waals surface area contributed by atoms with Crippen molar-refractivity contribution in [3.63, 3.8) is 0 Å². The fourth-order valence-electron chi connectivity index (χ4n) is 2.69. The number of hydrogen-bond acceptors (Lipinski definition) is 3. The van der Waals surface area contributed by atoms with E-state index in [1.807, 2.05) is 24.0 Å². The van der Waals surface area contributed by atoms with Crippen molar-refractivity contribution in [3.8, 4) is 5.75 Å².